The van der Waals surface area contributed by atoms with E-state index in [1.807, 2.05) is 0 Å². The molecular weight excluding hydrogens is 367 g/mol. The number of aromatic amines is 1. The molecule has 12 heteroatoms. The maximum Gasteiger partial charge on any atom is 0.428 e. The number of H-pyrrole nitrogens is 1. The van der Waals surface area contributed by atoms with E-state index < -0.39 is 57.8 Å². The van der Waals surface area contributed by atoms with Crippen LogP contribution >= 0.6 is 24.4 Å². The maximum absolute atomic E-state index is 14.6. The summed E-state index contributed by atoms with van der Waals surface area (Å²) in [5, 5.41) is 18.4. The fourth-order valence-corrected chi connectivity index (χ4v) is 2.47. The Labute approximate surface area is 135 Å². The van der Waals surface area contributed by atoms with Gasteiger partial charge in [0.15, 0.2) is 16.3 Å². The van der Waals surface area contributed by atoms with Gasteiger partial charge in [0.05, 0.1) is 6.42 Å². The molecule has 3 N–H and O–H groups in total. The van der Waals surface area contributed by atoms with Crippen LogP contribution in [0.25, 0.3) is 0 Å². The molecule has 2 rings (SSSR count). The predicted molar refractivity (Wildman–Crippen MR) is 71.8 cm³/mol. The Bertz CT molecular complexity index is 772. The molecule has 0 radical (unpaired) electrons. The topological polar surface area (TPSA) is 70.4 Å². The molecule has 23 heavy (non-hydrogen) atoms. The Morgan fingerprint density at radius 1 is 1.43 bits per heavy atom. The van der Waals surface area contributed by atoms with Crippen LogP contribution in [-0.2, 0) is 4.74 Å². The number of aliphatic hydroxyl groups excluding tert-OH is 2. The second kappa shape index (κ2) is 5.83. The predicted octanol–water partition coefficient (Wildman–Crippen LogP) is 3.37. The number of aliphatic hydroxyl groups is 2. The van der Waals surface area contributed by atoms with E-state index in [1.165, 1.54) is 0 Å². The third-order valence-electron chi connectivity index (χ3n) is 3.18. The Morgan fingerprint density at radius 2 is 2.04 bits per heavy atom. The van der Waals surface area contributed by atoms with Crippen LogP contribution in [0.1, 0.15) is 12.6 Å². The van der Waals surface area contributed by atoms with E-state index >= 15 is 0 Å². The lowest BCUT2D eigenvalue weighted by molar-refractivity contribution is -0.286. The molecule has 1 aromatic rings. The minimum absolute atomic E-state index is 0.357. The van der Waals surface area contributed by atoms with E-state index in [4.69, 9.17) is 22.1 Å². The van der Waals surface area contributed by atoms with E-state index in [-0.39, 0.29) is 0 Å². The molecule has 2 atom stereocenters. The van der Waals surface area contributed by atoms with Gasteiger partial charge in [-0.05, 0) is 12.2 Å². The summed E-state index contributed by atoms with van der Waals surface area (Å²) in [5.74, 6) is -2.91. The molecule has 0 saturated carbocycles. The lowest BCUT2D eigenvalue weighted by atomic mass is 9.94. The smallest absolute Gasteiger partial charge is 0.428 e. The lowest BCUT2D eigenvalue weighted by Crippen LogP contribution is -2.52. The Kier molecular flexibility index (Phi) is 4.52. The molecule has 1 unspecified atom stereocenters. The van der Waals surface area contributed by atoms with Gasteiger partial charge in [-0.25, -0.2) is 8.78 Å². The summed E-state index contributed by atoms with van der Waals surface area (Å²) in [7, 11) is 0. The highest BCUT2D eigenvalue weighted by Crippen LogP contribution is 2.50. The van der Waals surface area contributed by atoms with E-state index in [1.54, 1.807) is 0 Å². The van der Waals surface area contributed by atoms with Crippen molar-refractivity contribution in [2.75, 3.05) is 6.61 Å². The van der Waals surface area contributed by atoms with Crippen LogP contribution in [0, 0.1) is 15.2 Å². The molecule has 0 bridgehead atoms. The molecule has 1 aliphatic rings. The number of allylic oxidation sites excluding steroid dienone is 1. The number of nitrogens with zero attached hydrogens (tertiary/aromatic N) is 1. The fraction of sp³-hybridized carbons (Fsp3) is 0.455. The third kappa shape index (κ3) is 2.97. The quantitative estimate of drug-likeness (QED) is 0.545. The van der Waals surface area contributed by atoms with E-state index in [0.717, 1.165) is 0 Å². The van der Waals surface area contributed by atoms with Crippen LogP contribution in [-0.4, -0.2) is 38.2 Å². The third-order valence-corrected chi connectivity index (χ3v) is 3.79. The van der Waals surface area contributed by atoms with Crippen molar-refractivity contribution >= 4 is 24.4 Å². The van der Waals surface area contributed by atoms with Crippen LogP contribution in [0.2, 0.25) is 0 Å². The molecule has 1 aromatic heterocycles. The van der Waals surface area contributed by atoms with Gasteiger partial charge >= 0.3 is 6.18 Å². The van der Waals surface area contributed by atoms with Gasteiger partial charge in [-0.15, -0.1) is 0 Å². The molecule has 128 valence electrons. The van der Waals surface area contributed by atoms with E-state index in [9.17, 15) is 27.1 Å². The number of rotatable bonds is 2. The lowest BCUT2D eigenvalue weighted by Gasteiger charge is -2.39. The zero-order valence-electron chi connectivity index (χ0n) is 11.0. The Hall–Kier alpha value is -1.53. The van der Waals surface area contributed by atoms with Crippen LogP contribution in [0.4, 0.5) is 22.0 Å². The fourth-order valence-electron chi connectivity index (χ4n) is 2.01. The van der Waals surface area contributed by atoms with Crippen LogP contribution in [0.5, 0.6) is 0 Å². The summed E-state index contributed by atoms with van der Waals surface area (Å²) >= 11 is 9.27. The summed E-state index contributed by atoms with van der Waals surface area (Å²) in [4.78, 5) is 2.10. The van der Waals surface area contributed by atoms with Gasteiger partial charge < -0.3 is 19.9 Å². The minimum Gasteiger partial charge on any atom is -0.509 e. The zero-order valence-corrected chi connectivity index (χ0v) is 12.7. The molecule has 2 heterocycles. The van der Waals surface area contributed by atoms with E-state index in [0.29, 0.717) is 10.8 Å². The number of hydrogen-bond donors (Lipinski definition) is 3. The van der Waals surface area contributed by atoms with Crippen molar-refractivity contribution in [3.63, 3.8) is 0 Å². The summed E-state index contributed by atoms with van der Waals surface area (Å²) in [6.07, 6.45) is -9.02. The molecule has 0 spiro atoms. The second-order valence-electron chi connectivity index (χ2n) is 4.68. The first-order valence-electron chi connectivity index (χ1n) is 5.96. The number of ether oxygens (including phenoxy) is 1. The number of halogens is 5. The number of alkyl halides is 4. The van der Waals surface area contributed by atoms with Crippen LogP contribution < -0.4 is 0 Å². The summed E-state index contributed by atoms with van der Waals surface area (Å²) in [6, 6.07) is 0. The number of hydrogen-bond acceptors (Lipinski definition) is 5. The Balaban J connectivity index is 2.68. The van der Waals surface area contributed by atoms with Gasteiger partial charge in [-0.1, -0.05) is 12.2 Å². The summed E-state index contributed by atoms with van der Waals surface area (Å²) in [5.41, 5.74) is -4.10. The maximum atomic E-state index is 14.6. The average Bonchev–Trinajstić information content (AvgIpc) is 2.42. The van der Waals surface area contributed by atoms with Crippen molar-refractivity contribution in [1.82, 2.24) is 9.55 Å². The highest BCUT2D eigenvalue weighted by atomic mass is 32.1. The Morgan fingerprint density at radius 3 is 2.57 bits per heavy atom. The molecule has 1 aliphatic heterocycles. The highest BCUT2D eigenvalue weighted by molar-refractivity contribution is 7.72. The van der Waals surface area contributed by atoms with Crippen LogP contribution in [0.3, 0.4) is 0 Å². The second-order valence-corrected chi connectivity index (χ2v) is 5.47. The standard InChI is InChI=1S/C11H9F5N2O3S2/c12-4-2-18(9(23)17-7(4)22)8-10(13,11(14,15)16)1-5(20)6(3-19)21-8/h2,8,19-20H,1,3H2,(H,17,22,23)/t8-,10?/m1/s1. The van der Waals surface area contributed by atoms with Crippen molar-refractivity contribution in [1.29, 1.82) is 0 Å². The molecule has 0 saturated heterocycles. The van der Waals surface area contributed by atoms with Crippen LogP contribution in [0.15, 0.2) is 17.7 Å². The SMILES string of the molecule is OCC1=C(O)CC(F)(C(F)(F)F)[C@H](n2cc(F)c(=S)[nH]c2=S)O1. The monoisotopic (exact) mass is 376 g/mol. The van der Waals surface area contributed by atoms with Crippen molar-refractivity contribution in [2.24, 2.45) is 0 Å². The van der Waals surface area contributed by atoms with Crippen molar-refractivity contribution in [2.45, 2.75) is 24.5 Å². The molecule has 5 nitrogen and oxygen atoms in total. The molecule has 0 aliphatic carbocycles. The van der Waals surface area contributed by atoms with Crippen molar-refractivity contribution in [3.8, 4) is 0 Å². The first-order chi connectivity index (χ1) is 10.5. The van der Waals surface area contributed by atoms with Gasteiger partial charge in [0, 0.05) is 6.20 Å². The van der Waals surface area contributed by atoms with Gasteiger partial charge in [-0.3, -0.25) is 4.57 Å². The summed E-state index contributed by atoms with van der Waals surface area (Å²) in [6.45, 7) is -0.977. The highest BCUT2D eigenvalue weighted by Gasteiger charge is 2.65. The normalized spacial score (nSPS) is 25.4. The van der Waals surface area contributed by atoms with Gasteiger partial charge in [0.1, 0.15) is 17.0 Å². The van der Waals surface area contributed by atoms with Gasteiger partial charge in [0.25, 0.3) is 5.67 Å². The minimum atomic E-state index is -5.47. The molecule has 0 amide bonds. The zero-order chi connectivity index (χ0) is 17.6. The van der Waals surface area contributed by atoms with Gasteiger partial charge in [0.2, 0.25) is 6.23 Å². The average molecular weight is 376 g/mol. The van der Waals surface area contributed by atoms with Crippen molar-refractivity contribution in [3.05, 3.63) is 32.9 Å². The molecular formula is C11H9F5N2O3S2. The molecule has 0 fully saturated rings. The molecule has 0 aromatic carbocycles. The number of aromatic nitrogens is 2. The first kappa shape index (κ1) is 17.8. The van der Waals surface area contributed by atoms with E-state index in [2.05, 4.69) is 17.2 Å². The largest absolute Gasteiger partial charge is 0.509 e. The van der Waals surface area contributed by atoms with Gasteiger partial charge in [-0.2, -0.15) is 13.2 Å². The summed E-state index contributed by atoms with van der Waals surface area (Å²) < 4.78 is 71.7. The first-order valence-corrected chi connectivity index (χ1v) is 6.78. The van der Waals surface area contributed by atoms with Crippen molar-refractivity contribution < 1.29 is 36.9 Å². The number of nitrogens with one attached hydrogen (secondary N) is 1.